The van der Waals surface area contributed by atoms with Gasteiger partial charge >= 0.3 is 0 Å². The van der Waals surface area contributed by atoms with Gasteiger partial charge in [0.05, 0.1) is 25.5 Å². The third kappa shape index (κ3) is 4.37. The van der Waals surface area contributed by atoms with E-state index in [0.717, 1.165) is 36.9 Å². The van der Waals surface area contributed by atoms with Crippen molar-refractivity contribution < 1.29 is 8.63 Å². The molecule has 0 amide bonds. The van der Waals surface area contributed by atoms with Crippen molar-refractivity contribution in [2.45, 2.75) is 9.79 Å². The van der Waals surface area contributed by atoms with Gasteiger partial charge in [-0.25, -0.2) is 4.21 Å². The van der Waals surface area contributed by atoms with Crippen molar-refractivity contribution in [1.29, 1.82) is 0 Å². The van der Waals surface area contributed by atoms with E-state index in [2.05, 4.69) is 30.3 Å². The summed E-state index contributed by atoms with van der Waals surface area (Å²) in [6, 6.07) is 44.3. The molecule has 2 aromatic heterocycles. The second kappa shape index (κ2) is 9.94. The Kier molecular flexibility index (Phi) is 6.20. The average molecular weight is 503 g/mol. The van der Waals surface area contributed by atoms with Crippen molar-refractivity contribution >= 4 is 22.1 Å². The Hall–Kier alpha value is -3.99. The summed E-state index contributed by atoms with van der Waals surface area (Å²) in [5, 5.41) is 0. The van der Waals surface area contributed by atoms with E-state index < -0.39 is 10.8 Å². The molecule has 6 aromatic rings. The molecule has 0 aliphatic rings. The lowest BCUT2D eigenvalue weighted by molar-refractivity contribution is 0.591. The summed E-state index contributed by atoms with van der Waals surface area (Å²) in [6.07, 6.45) is 0. The highest BCUT2D eigenvalue weighted by molar-refractivity contribution is 7.85. The Balaban J connectivity index is 1.53. The van der Waals surface area contributed by atoms with Crippen LogP contribution in [-0.4, -0.2) is 4.21 Å². The van der Waals surface area contributed by atoms with Crippen molar-refractivity contribution in [2.24, 2.45) is 0 Å². The predicted molar refractivity (Wildman–Crippen MR) is 149 cm³/mol. The second-order valence-corrected chi connectivity index (χ2v) is 10.8. The molecular formula is C32H22O2S2. The monoisotopic (exact) mass is 502 g/mol. The summed E-state index contributed by atoms with van der Waals surface area (Å²) >= 11 is 1.67. The van der Waals surface area contributed by atoms with Crippen LogP contribution in [0.2, 0.25) is 0 Å². The number of benzene rings is 4. The van der Waals surface area contributed by atoms with Gasteiger partial charge in [0.25, 0.3) is 0 Å². The highest BCUT2D eigenvalue weighted by Crippen LogP contribution is 2.44. The van der Waals surface area contributed by atoms with Gasteiger partial charge in [-0.15, -0.1) is 11.3 Å². The maximum Gasteiger partial charge on any atom is 0.151 e. The van der Waals surface area contributed by atoms with Crippen molar-refractivity contribution in [3.05, 3.63) is 133 Å². The number of rotatable bonds is 6. The summed E-state index contributed by atoms with van der Waals surface area (Å²) in [6.45, 7) is 0. The first kappa shape index (κ1) is 22.5. The molecule has 0 saturated heterocycles. The molecular weight excluding hydrogens is 480 g/mol. The van der Waals surface area contributed by atoms with Crippen LogP contribution in [0.1, 0.15) is 0 Å². The molecule has 2 heterocycles. The van der Waals surface area contributed by atoms with E-state index >= 15 is 0 Å². The van der Waals surface area contributed by atoms with Gasteiger partial charge in [0.1, 0.15) is 5.76 Å². The van der Waals surface area contributed by atoms with Crippen LogP contribution in [0.3, 0.4) is 0 Å². The topological polar surface area (TPSA) is 30.2 Å². The average Bonchev–Trinajstić information content (AvgIpc) is 3.61. The summed E-state index contributed by atoms with van der Waals surface area (Å²) in [5.74, 6) is 1.34. The lowest BCUT2D eigenvalue weighted by Crippen LogP contribution is -1.93. The minimum atomic E-state index is -1.46. The predicted octanol–water partition coefficient (Wildman–Crippen LogP) is 9.18. The van der Waals surface area contributed by atoms with Crippen LogP contribution < -0.4 is 0 Å². The van der Waals surface area contributed by atoms with Crippen LogP contribution in [0, 0.1) is 0 Å². The first-order valence-corrected chi connectivity index (χ1v) is 13.7. The molecule has 0 fully saturated rings. The minimum absolute atomic E-state index is 0.638. The number of hydrogen-bond acceptors (Lipinski definition) is 3. The highest BCUT2D eigenvalue weighted by Gasteiger charge is 2.25. The molecule has 0 aliphatic carbocycles. The number of hydrogen-bond donors (Lipinski definition) is 0. The maximum absolute atomic E-state index is 14.4. The molecule has 0 radical (unpaired) electrons. The summed E-state index contributed by atoms with van der Waals surface area (Å²) in [7, 11) is -1.46. The molecule has 0 spiro atoms. The van der Waals surface area contributed by atoms with Gasteiger partial charge in [-0.05, 0) is 17.2 Å². The quantitative estimate of drug-likeness (QED) is 0.227. The zero-order chi connectivity index (χ0) is 24.3. The van der Waals surface area contributed by atoms with Crippen molar-refractivity contribution in [3.63, 3.8) is 0 Å². The molecule has 174 valence electrons. The molecule has 4 heteroatoms. The van der Waals surface area contributed by atoms with Crippen LogP contribution in [0.15, 0.2) is 148 Å². The standard InChI is InChI=1S/C32H22O2S2/c33-36(29-21-27(23-13-5-1-6-14-23)34-31(29)25-17-9-3-10-18-25)30-22-28(24-15-7-2-8-16-24)35-32(30)26-19-11-4-12-20-26/h1-22H/t36-/m1/s1. The zero-order valence-electron chi connectivity index (χ0n) is 19.3. The minimum Gasteiger partial charge on any atom is -0.455 e. The fourth-order valence-electron chi connectivity index (χ4n) is 4.21. The summed E-state index contributed by atoms with van der Waals surface area (Å²) in [4.78, 5) is 3.57. The molecule has 0 bridgehead atoms. The summed E-state index contributed by atoms with van der Waals surface area (Å²) in [5.41, 5.74) is 4.03. The Morgan fingerprint density at radius 3 is 1.61 bits per heavy atom. The van der Waals surface area contributed by atoms with Crippen LogP contribution in [0.5, 0.6) is 0 Å². The van der Waals surface area contributed by atoms with Crippen LogP contribution in [-0.2, 0) is 10.8 Å². The van der Waals surface area contributed by atoms with Crippen LogP contribution in [0.25, 0.3) is 43.5 Å². The fraction of sp³-hybridized carbons (Fsp3) is 0. The van der Waals surface area contributed by atoms with Gasteiger partial charge in [0.2, 0.25) is 0 Å². The third-order valence-corrected chi connectivity index (χ3v) is 8.77. The van der Waals surface area contributed by atoms with Crippen LogP contribution in [0.4, 0.5) is 0 Å². The smallest absolute Gasteiger partial charge is 0.151 e. The van der Waals surface area contributed by atoms with Gasteiger partial charge in [-0.2, -0.15) is 0 Å². The fourth-order valence-corrected chi connectivity index (χ4v) is 6.99. The molecule has 36 heavy (non-hydrogen) atoms. The van der Waals surface area contributed by atoms with Gasteiger partial charge in [-0.3, -0.25) is 0 Å². The van der Waals surface area contributed by atoms with Crippen LogP contribution >= 0.6 is 11.3 Å². The Labute approximate surface area is 217 Å². The molecule has 1 atom stereocenters. The Morgan fingerprint density at radius 2 is 1.03 bits per heavy atom. The third-order valence-electron chi connectivity index (χ3n) is 5.98. The van der Waals surface area contributed by atoms with E-state index in [0.29, 0.717) is 16.4 Å². The van der Waals surface area contributed by atoms with Gasteiger partial charge in [-0.1, -0.05) is 121 Å². The molecule has 0 N–H and O–H groups in total. The van der Waals surface area contributed by atoms with E-state index in [-0.39, 0.29) is 0 Å². The highest BCUT2D eigenvalue weighted by atomic mass is 32.2. The number of furan rings is 1. The Morgan fingerprint density at radius 1 is 0.528 bits per heavy atom. The molecule has 6 rings (SSSR count). The van der Waals surface area contributed by atoms with E-state index in [1.54, 1.807) is 11.3 Å². The van der Waals surface area contributed by atoms with E-state index in [4.69, 9.17) is 4.42 Å². The first-order valence-electron chi connectivity index (χ1n) is 11.7. The second-order valence-electron chi connectivity index (χ2n) is 8.34. The summed E-state index contributed by atoms with van der Waals surface area (Å²) < 4.78 is 20.8. The molecule has 0 unspecified atom stereocenters. The number of thiophene rings is 1. The lowest BCUT2D eigenvalue weighted by Gasteiger charge is -2.05. The molecule has 2 nitrogen and oxygen atoms in total. The van der Waals surface area contributed by atoms with Gasteiger partial charge in [0.15, 0.2) is 5.76 Å². The maximum atomic E-state index is 14.4. The SMILES string of the molecule is O=[S@](c1cc(-c2ccccc2)oc1-c1ccccc1)c1cc(-c2ccccc2)sc1-c1ccccc1. The van der Waals surface area contributed by atoms with Gasteiger partial charge in [0, 0.05) is 22.1 Å². The van der Waals surface area contributed by atoms with Crippen molar-refractivity contribution in [2.75, 3.05) is 0 Å². The lowest BCUT2D eigenvalue weighted by atomic mass is 10.1. The first-order chi connectivity index (χ1) is 17.8. The van der Waals surface area contributed by atoms with Gasteiger partial charge < -0.3 is 4.42 Å². The molecule has 4 aromatic carbocycles. The zero-order valence-corrected chi connectivity index (χ0v) is 21.0. The molecule has 0 saturated carbocycles. The van der Waals surface area contributed by atoms with E-state index in [1.807, 2.05) is 103 Å². The molecule has 0 aliphatic heterocycles. The van der Waals surface area contributed by atoms with Crippen molar-refractivity contribution in [1.82, 2.24) is 0 Å². The Bertz CT molecular complexity index is 1490. The van der Waals surface area contributed by atoms with E-state index in [1.165, 1.54) is 0 Å². The van der Waals surface area contributed by atoms with Crippen molar-refractivity contribution in [3.8, 4) is 43.5 Å². The van der Waals surface area contributed by atoms with E-state index in [9.17, 15) is 4.21 Å². The largest absolute Gasteiger partial charge is 0.455 e. The normalized spacial score (nSPS) is 11.9.